The molecule has 0 aliphatic carbocycles. The van der Waals surface area contributed by atoms with Crippen molar-refractivity contribution in [2.75, 3.05) is 13.2 Å². The van der Waals surface area contributed by atoms with E-state index in [1.54, 1.807) is 12.1 Å². The van der Waals surface area contributed by atoms with Crippen molar-refractivity contribution in [1.29, 1.82) is 0 Å². The number of ether oxygens (including phenoxy) is 1. The van der Waals surface area contributed by atoms with Crippen molar-refractivity contribution in [3.63, 3.8) is 0 Å². The third-order valence-electron chi connectivity index (χ3n) is 4.59. The van der Waals surface area contributed by atoms with Crippen LogP contribution >= 0.6 is 7.60 Å². The van der Waals surface area contributed by atoms with Gasteiger partial charge in [-0.25, -0.2) is 0 Å². The maximum atomic E-state index is 12.8. The molecule has 5 heteroatoms. The Bertz CT molecular complexity index is 942. The first-order valence-corrected chi connectivity index (χ1v) is 11.2. The summed E-state index contributed by atoms with van der Waals surface area (Å²) in [5.41, 5.74) is 2.16. The van der Waals surface area contributed by atoms with E-state index in [1.165, 1.54) is 10.8 Å². The van der Waals surface area contributed by atoms with E-state index in [2.05, 4.69) is 37.3 Å². The highest BCUT2D eigenvalue weighted by Crippen LogP contribution is 2.46. The van der Waals surface area contributed by atoms with Gasteiger partial charge in [-0.1, -0.05) is 48.5 Å². The summed E-state index contributed by atoms with van der Waals surface area (Å²) in [5, 5.41) is 3.01. The second-order valence-corrected chi connectivity index (χ2v) is 8.59. The van der Waals surface area contributed by atoms with Gasteiger partial charge in [0.2, 0.25) is 0 Å². The highest BCUT2D eigenvalue weighted by molar-refractivity contribution is 7.62. The fourth-order valence-electron chi connectivity index (χ4n) is 3.08. The molecule has 3 rings (SSSR count). The van der Waals surface area contributed by atoms with Gasteiger partial charge in [-0.15, -0.1) is 0 Å². The van der Waals surface area contributed by atoms with Gasteiger partial charge in [0.15, 0.2) is 0 Å². The van der Waals surface area contributed by atoms with Crippen LogP contribution in [0.3, 0.4) is 0 Å². The average Bonchev–Trinajstić information content (AvgIpc) is 2.72. The Morgan fingerprint density at radius 3 is 2.14 bits per heavy atom. The predicted octanol–water partition coefficient (Wildman–Crippen LogP) is 6.01. The van der Waals surface area contributed by atoms with Crippen molar-refractivity contribution in [1.82, 2.24) is 0 Å². The minimum Gasteiger partial charge on any atom is -0.369 e. The highest BCUT2D eigenvalue weighted by Gasteiger charge is 2.26. The molecule has 0 aliphatic rings. The number of fused-ring (bicyclic) bond motifs is 1. The minimum absolute atomic E-state index is 0.0257. The lowest BCUT2D eigenvalue weighted by Crippen LogP contribution is -2.11. The van der Waals surface area contributed by atoms with E-state index < -0.39 is 7.60 Å². The fourth-order valence-corrected chi connectivity index (χ4v) is 4.65. The van der Waals surface area contributed by atoms with Gasteiger partial charge in [0.05, 0.1) is 31.2 Å². The number of benzene rings is 3. The molecule has 3 aromatic rings. The smallest absolute Gasteiger partial charge is 0.361 e. The van der Waals surface area contributed by atoms with Crippen LogP contribution in [0.4, 0.5) is 0 Å². The van der Waals surface area contributed by atoms with E-state index in [0.717, 1.165) is 11.1 Å². The van der Waals surface area contributed by atoms with Gasteiger partial charge < -0.3 is 13.8 Å². The van der Waals surface area contributed by atoms with E-state index in [-0.39, 0.29) is 6.10 Å². The topological polar surface area (TPSA) is 44.8 Å². The van der Waals surface area contributed by atoms with E-state index in [1.807, 2.05) is 38.1 Å². The zero-order valence-corrected chi connectivity index (χ0v) is 17.5. The molecule has 0 N–H and O–H groups in total. The zero-order chi connectivity index (χ0) is 20.0. The first-order chi connectivity index (χ1) is 13.6. The van der Waals surface area contributed by atoms with Gasteiger partial charge in [0.1, 0.15) is 0 Å². The summed E-state index contributed by atoms with van der Waals surface area (Å²) in [6.07, 6.45) is -0.0257. The Morgan fingerprint density at radius 2 is 1.50 bits per heavy atom. The summed E-state index contributed by atoms with van der Waals surface area (Å²) in [7, 11) is -3.24. The van der Waals surface area contributed by atoms with Crippen LogP contribution in [0.1, 0.15) is 38.0 Å². The third kappa shape index (κ3) is 4.89. The Balaban J connectivity index is 1.66. The first kappa shape index (κ1) is 20.8. The molecule has 0 heterocycles. The maximum absolute atomic E-state index is 12.8. The van der Waals surface area contributed by atoms with Crippen molar-refractivity contribution in [2.24, 2.45) is 0 Å². The Hall–Kier alpha value is -1.97. The van der Waals surface area contributed by atoms with Crippen LogP contribution in [0, 0.1) is 0 Å². The molecular weight excluding hydrogens is 371 g/mol. The molecule has 0 spiro atoms. The van der Waals surface area contributed by atoms with Crippen LogP contribution in [0.15, 0.2) is 66.7 Å². The molecule has 0 amide bonds. The van der Waals surface area contributed by atoms with E-state index >= 15 is 0 Å². The molecule has 4 nitrogen and oxygen atoms in total. The molecule has 28 heavy (non-hydrogen) atoms. The predicted molar refractivity (Wildman–Crippen MR) is 114 cm³/mol. The Morgan fingerprint density at radius 1 is 0.857 bits per heavy atom. The number of hydrogen-bond acceptors (Lipinski definition) is 4. The molecule has 1 atom stereocenters. The first-order valence-electron chi connectivity index (χ1n) is 9.64. The molecule has 0 saturated carbocycles. The van der Waals surface area contributed by atoms with Crippen LogP contribution in [-0.4, -0.2) is 13.2 Å². The quantitative estimate of drug-likeness (QED) is 0.414. The monoisotopic (exact) mass is 398 g/mol. The summed E-state index contributed by atoms with van der Waals surface area (Å²) in [5.74, 6) is 0. The lowest BCUT2D eigenvalue weighted by molar-refractivity contribution is 0.0526. The standard InChI is InChI=1S/C23H27O4P/c1-4-26-28(24,27-5-2)23-14-10-19(11-15-23)17-25-18(3)21-13-12-20-8-6-7-9-22(20)16-21/h6-16,18H,4-5,17H2,1-3H3. The molecule has 0 bridgehead atoms. The van der Waals surface area contributed by atoms with Gasteiger partial charge in [0, 0.05) is 0 Å². The second kappa shape index (κ2) is 9.49. The molecule has 0 aromatic heterocycles. The van der Waals surface area contributed by atoms with Crippen LogP contribution in [0.5, 0.6) is 0 Å². The van der Waals surface area contributed by atoms with Gasteiger partial charge >= 0.3 is 7.60 Å². The minimum atomic E-state index is -3.24. The maximum Gasteiger partial charge on any atom is 0.361 e. The van der Waals surface area contributed by atoms with Gasteiger partial charge in [0.25, 0.3) is 0 Å². The molecule has 0 saturated heterocycles. The molecule has 0 fully saturated rings. The lowest BCUT2D eigenvalue weighted by Gasteiger charge is -2.18. The SMILES string of the molecule is CCOP(=O)(OCC)c1ccc(COC(C)c2ccc3ccccc3c2)cc1. The van der Waals surface area contributed by atoms with Crippen molar-refractivity contribution in [3.05, 3.63) is 77.9 Å². The van der Waals surface area contributed by atoms with Gasteiger partial charge in [-0.3, -0.25) is 4.57 Å². The van der Waals surface area contributed by atoms with E-state index in [4.69, 9.17) is 13.8 Å². The normalized spacial score (nSPS) is 13.0. The Kier molecular flexibility index (Phi) is 7.03. The summed E-state index contributed by atoms with van der Waals surface area (Å²) in [4.78, 5) is 0. The summed E-state index contributed by atoms with van der Waals surface area (Å²) < 4.78 is 29.6. The van der Waals surface area contributed by atoms with Crippen LogP contribution in [0.25, 0.3) is 10.8 Å². The molecule has 3 aromatic carbocycles. The number of rotatable bonds is 9. The van der Waals surface area contributed by atoms with Crippen LogP contribution in [0.2, 0.25) is 0 Å². The molecule has 0 radical (unpaired) electrons. The number of hydrogen-bond donors (Lipinski definition) is 0. The highest BCUT2D eigenvalue weighted by atomic mass is 31.2. The summed E-state index contributed by atoms with van der Waals surface area (Å²) >= 11 is 0. The molecule has 148 valence electrons. The fraction of sp³-hybridized carbons (Fsp3) is 0.304. The van der Waals surface area contributed by atoms with Crippen molar-refractivity contribution < 1.29 is 18.3 Å². The summed E-state index contributed by atoms with van der Waals surface area (Å²) in [6.45, 7) is 6.82. The molecular formula is C23H27O4P. The Labute approximate surface area is 167 Å². The average molecular weight is 398 g/mol. The van der Waals surface area contributed by atoms with Gasteiger partial charge in [-0.2, -0.15) is 0 Å². The molecule has 1 unspecified atom stereocenters. The van der Waals surface area contributed by atoms with Crippen molar-refractivity contribution in [3.8, 4) is 0 Å². The third-order valence-corrected chi connectivity index (χ3v) is 6.72. The van der Waals surface area contributed by atoms with Gasteiger partial charge in [-0.05, 0) is 60.9 Å². The van der Waals surface area contributed by atoms with Crippen LogP contribution in [-0.2, 0) is 25.0 Å². The van der Waals surface area contributed by atoms with Crippen molar-refractivity contribution >= 4 is 23.7 Å². The zero-order valence-electron chi connectivity index (χ0n) is 16.6. The molecule has 0 aliphatic heterocycles. The van der Waals surface area contributed by atoms with E-state index in [0.29, 0.717) is 25.1 Å². The van der Waals surface area contributed by atoms with E-state index in [9.17, 15) is 4.57 Å². The lowest BCUT2D eigenvalue weighted by atomic mass is 10.0. The van der Waals surface area contributed by atoms with Crippen molar-refractivity contribution in [2.45, 2.75) is 33.5 Å². The van der Waals surface area contributed by atoms with Crippen LogP contribution < -0.4 is 5.30 Å². The second-order valence-electron chi connectivity index (χ2n) is 6.56. The largest absolute Gasteiger partial charge is 0.369 e. The summed E-state index contributed by atoms with van der Waals surface area (Å²) in [6, 6.07) is 22.1.